The average molecular weight is 365 g/mol. The third kappa shape index (κ3) is 4.83. The Balaban J connectivity index is 1.71. The highest BCUT2D eigenvalue weighted by Crippen LogP contribution is 2.18. The molecule has 0 radical (unpaired) electrons. The number of benzene rings is 2. The van der Waals surface area contributed by atoms with Gasteiger partial charge in [0.1, 0.15) is 12.1 Å². The van der Waals surface area contributed by atoms with Crippen LogP contribution in [-0.4, -0.2) is 19.5 Å². The van der Waals surface area contributed by atoms with E-state index < -0.39 is 0 Å². The van der Waals surface area contributed by atoms with E-state index in [0.717, 1.165) is 39.1 Å². The first kappa shape index (κ1) is 18.9. The zero-order chi connectivity index (χ0) is 19.4. The number of fused-ring (bicyclic) bond motifs is 1. The minimum atomic E-state index is -0.359. The maximum Gasteiger partial charge on any atom is 0.336 e. The number of aryl methyl sites for hydroxylation is 2. The predicted molar refractivity (Wildman–Crippen MR) is 107 cm³/mol. The summed E-state index contributed by atoms with van der Waals surface area (Å²) in [7, 11) is 1.94. The third-order valence-electron chi connectivity index (χ3n) is 4.59. The van der Waals surface area contributed by atoms with Crippen LogP contribution in [0.2, 0.25) is 0 Å². The van der Waals surface area contributed by atoms with Crippen LogP contribution in [0.4, 0.5) is 5.69 Å². The lowest BCUT2D eigenvalue weighted by Crippen LogP contribution is -3.08. The Bertz CT molecular complexity index is 1010. The number of hydrogen-bond donors (Lipinski definition) is 2. The van der Waals surface area contributed by atoms with Crippen LogP contribution >= 0.6 is 0 Å². The van der Waals surface area contributed by atoms with Gasteiger partial charge in [0.05, 0.1) is 7.05 Å². The number of nitrogens with one attached hydrogen (secondary N) is 2. The zero-order valence-electron chi connectivity index (χ0n) is 16.0. The van der Waals surface area contributed by atoms with E-state index in [4.69, 9.17) is 4.42 Å². The van der Waals surface area contributed by atoms with E-state index in [1.165, 1.54) is 6.07 Å². The van der Waals surface area contributed by atoms with Gasteiger partial charge in [-0.05, 0) is 37.1 Å². The minimum absolute atomic E-state index is 0.0584. The Morgan fingerprint density at radius 1 is 1.11 bits per heavy atom. The molecule has 0 saturated heterocycles. The number of hydrogen-bond acceptors (Lipinski definition) is 3. The predicted octanol–water partition coefficient (Wildman–Crippen LogP) is 2.32. The van der Waals surface area contributed by atoms with E-state index >= 15 is 0 Å². The molecule has 1 aromatic heterocycles. The standard InChI is InChI=1S/C22H24N2O3/c1-4-16-7-10-19-17(12-22(26)27-20(19)11-16)13-24(3)14-21(25)23-18-8-5-15(2)6-9-18/h5-12H,4,13-14H2,1-3H3,(H,23,25)/p+1. The van der Waals surface area contributed by atoms with Crippen LogP contribution in [0, 0.1) is 6.92 Å². The highest BCUT2D eigenvalue weighted by Gasteiger charge is 2.14. The van der Waals surface area contributed by atoms with Gasteiger partial charge in [0.15, 0.2) is 6.54 Å². The number of rotatable bonds is 6. The van der Waals surface area contributed by atoms with Crippen LogP contribution in [-0.2, 0) is 17.8 Å². The molecule has 5 nitrogen and oxygen atoms in total. The monoisotopic (exact) mass is 365 g/mol. The first-order valence-electron chi connectivity index (χ1n) is 9.18. The summed E-state index contributed by atoms with van der Waals surface area (Å²) in [5.41, 5.74) is 4.20. The summed E-state index contributed by atoms with van der Waals surface area (Å²) in [6, 6.07) is 15.2. The molecule has 0 bridgehead atoms. The summed E-state index contributed by atoms with van der Waals surface area (Å²) >= 11 is 0. The fourth-order valence-electron chi connectivity index (χ4n) is 3.14. The number of amides is 1. The smallest absolute Gasteiger partial charge is 0.336 e. The molecule has 0 saturated carbocycles. The second-order valence-corrected chi connectivity index (χ2v) is 7.00. The molecule has 5 heteroatoms. The molecular formula is C22H25N2O3+. The molecule has 27 heavy (non-hydrogen) atoms. The maximum atomic E-state index is 12.3. The van der Waals surface area contributed by atoms with Gasteiger partial charge in [-0.1, -0.05) is 36.8 Å². The van der Waals surface area contributed by atoms with E-state index in [-0.39, 0.29) is 11.5 Å². The summed E-state index contributed by atoms with van der Waals surface area (Å²) < 4.78 is 5.35. The fourth-order valence-corrected chi connectivity index (χ4v) is 3.14. The first-order valence-corrected chi connectivity index (χ1v) is 9.18. The molecular weight excluding hydrogens is 340 g/mol. The number of carbonyl (C=O) groups is 1. The van der Waals surface area contributed by atoms with Crippen molar-refractivity contribution < 1.29 is 14.1 Å². The quantitative estimate of drug-likeness (QED) is 0.659. The maximum absolute atomic E-state index is 12.3. The second kappa shape index (κ2) is 8.18. The highest BCUT2D eigenvalue weighted by molar-refractivity contribution is 5.91. The van der Waals surface area contributed by atoms with Crippen LogP contribution in [0.1, 0.15) is 23.6 Å². The Kier molecular flexibility index (Phi) is 5.72. The van der Waals surface area contributed by atoms with Crippen LogP contribution in [0.25, 0.3) is 11.0 Å². The molecule has 0 spiro atoms. The molecule has 0 aliphatic carbocycles. The average Bonchev–Trinajstić information content (AvgIpc) is 2.62. The van der Waals surface area contributed by atoms with Crippen LogP contribution in [0.5, 0.6) is 0 Å². The molecule has 0 fully saturated rings. The summed E-state index contributed by atoms with van der Waals surface area (Å²) in [6.45, 7) is 4.94. The van der Waals surface area contributed by atoms with Gasteiger partial charge >= 0.3 is 5.63 Å². The van der Waals surface area contributed by atoms with Crippen LogP contribution in [0.15, 0.2) is 57.7 Å². The van der Waals surface area contributed by atoms with Crippen molar-refractivity contribution in [1.29, 1.82) is 0 Å². The summed E-state index contributed by atoms with van der Waals surface area (Å²) in [5, 5.41) is 3.83. The molecule has 0 aliphatic rings. The Morgan fingerprint density at radius 2 is 1.85 bits per heavy atom. The van der Waals surface area contributed by atoms with Crippen LogP contribution in [0.3, 0.4) is 0 Å². The van der Waals surface area contributed by atoms with Crippen molar-refractivity contribution in [3.63, 3.8) is 0 Å². The lowest BCUT2D eigenvalue weighted by atomic mass is 10.1. The van der Waals surface area contributed by atoms with Crippen molar-refractivity contribution in [1.82, 2.24) is 0 Å². The van der Waals surface area contributed by atoms with E-state index in [1.807, 2.05) is 56.4 Å². The van der Waals surface area contributed by atoms with E-state index in [1.54, 1.807) is 0 Å². The molecule has 1 amide bonds. The number of anilines is 1. The first-order chi connectivity index (χ1) is 12.9. The van der Waals surface area contributed by atoms with E-state index in [9.17, 15) is 9.59 Å². The van der Waals surface area contributed by atoms with Crippen LogP contribution < -0.4 is 15.8 Å². The molecule has 3 rings (SSSR count). The van der Waals surface area contributed by atoms with Gasteiger partial charge < -0.3 is 14.6 Å². The summed E-state index contributed by atoms with van der Waals surface area (Å²) in [5.74, 6) is -0.0584. The second-order valence-electron chi connectivity index (χ2n) is 7.00. The van der Waals surface area contributed by atoms with Crippen molar-refractivity contribution in [3.05, 3.63) is 75.6 Å². The van der Waals surface area contributed by atoms with Gasteiger partial charge in [-0.15, -0.1) is 0 Å². The molecule has 140 valence electrons. The lowest BCUT2D eigenvalue weighted by molar-refractivity contribution is -0.885. The molecule has 2 N–H and O–H groups in total. The summed E-state index contributed by atoms with van der Waals surface area (Å²) in [4.78, 5) is 25.2. The Labute approximate surface area is 158 Å². The Morgan fingerprint density at radius 3 is 2.56 bits per heavy atom. The van der Waals surface area contributed by atoms with Gasteiger partial charge in [0.2, 0.25) is 0 Å². The highest BCUT2D eigenvalue weighted by atomic mass is 16.4. The number of likely N-dealkylation sites (N-methyl/N-ethyl adjacent to an activating group) is 1. The van der Waals surface area contributed by atoms with E-state index in [0.29, 0.717) is 18.7 Å². The van der Waals surface area contributed by atoms with E-state index in [2.05, 4.69) is 12.2 Å². The molecule has 1 unspecified atom stereocenters. The van der Waals surface area contributed by atoms with Crippen molar-refractivity contribution in [2.24, 2.45) is 0 Å². The van der Waals surface area contributed by atoms with Gasteiger partial charge in [0.25, 0.3) is 5.91 Å². The van der Waals surface area contributed by atoms with Gasteiger partial charge in [-0.25, -0.2) is 4.79 Å². The van der Waals surface area contributed by atoms with Gasteiger partial charge in [-0.3, -0.25) is 4.79 Å². The summed E-state index contributed by atoms with van der Waals surface area (Å²) in [6.07, 6.45) is 0.883. The van der Waals surface area contributed by atoms with Crippen molar-refractivity contribution >= 4 is 22.6 Å². The van der Waals surface area contributed by atoms with Crippen molar-refractivity contribution in [2.75, 3.05) is 18.9 Å². The van der Waals surface area contributed by atoms with Gasteiger partial charge in [-0.2, -0.15) is 0 Å². The van der Waals surface area contributed by atoms with Crippen molar-refractivity contribution in [2.45, 2.75) is 26.8 Å². The SMILES string of the molecule is CCc1ccc2c(C[NH+](C)CC(=O)Nc3ccc(C)cc3)cc(=O)oc2c1. The third-order valence-corrected chi connectivity index (χ3v) is 4.59. The minimum Gasteiger partial charge on any atom is -0.423 e. The topological polar surface area (TPSA) is 63.8 Å². The largest absolute Gasteiger partial charge is 0.423 e. The number of carbonyl (C=O) groups excluding carboxylic acids is 1. The molecule has 2 aromatic carbocycles. The molecule has 1 atom stereocenters. The molecule has 3 aromatic rings. The molecule has 0 aliphatic heterocycles. The zero-order valence-corrected chi connectivity index (χ0v) is 16.0. The van der Waals surface area contributed by atoms with Gasteiger partial charge in [0, 0.05) is 22.7 Å². The van der Waals surface area contributed by atoms with Crippen molar-refractivity contribution in [3.8, 4) is 0 Å². The molecule has 1 heterocycles. The fraction of sp³-hybridized carbons (Fsp3) is 0.273. The lowest BCUT2D eigenvalue weighted by Gasteiger charge is -2.15. The number of quaternary nitrogens is 1. The normalized spacial score (nSPS) is 12.1. The Hall–Kier alpha value is -2.92.